The Bertz CT molecular complexity index is 734. The number of fused-ring (bicyclic) bond motifs is 1. The molecule has 3 rings (SSSR count). The van der Waals surface area contributed by atoms with Gasteiger partial charge in [0, 0.05) is 22.9 Å². The summed E-state index contributed by atoms with van der Waals surface area (Å²) in [4.78, 5) is 21.8. The largest absolute Gasteiger partial charge is 0.379 e. The molecule has 0 aliphatic heterocycles. The lowest BCUT2D eigenvalue weighted by Gasteiger charge is -2.05. The van der Waals surface area contributed by atoms with Crippen LogP contribution in [0.15, 0.2) is 21.2 Å². The summed E-state index contributed by atoms with van der Waals surface area (Å²) >= 11 is 2.95. The van der Waals surface area contributed by atoms with E-state index in [-0.39, 0.29) is 18.0 Å². The van der Waals surface area contributed by atoms with E-state index in [4.69, 9.17) is 5.73 Å². The van der Waals surface area contributed by atoms with E-state index >= 15 is 0 Å². The van der Waals surface area contributed by atoms with Gasteiger partial charge in [0.1, 0.15) is 0 Å². The van der Waals surface area contributed by atoms with E-state index in [9.17, 15) is 4.79 Å². The number of aliphatic imine (C=N–C) groups is 1. The minimum Gasteiger partial charge on any atom is -0.379 e. The molecule has 0 unspecified atom stereocenters. The monoisotopic (exact) mass is 358 g/mol. The average Bonchev–Trinajstić information content (AvgIpc) is 3.07. The van der Waals surface area contributed by atoms with Crippen molar-refractivity contribution >= 4 is 45.6 Å². The minimum atomic E-state index is -0.0272. The summed E-state index contributed by atoms with van der Waals surface area (Å²) in [6.07, 6.45) is 4.78. The van der Waals surface area contributed by atoms with Gasteiger partial charge < -0.3 is 5.73 Å². The Morgan fingerprint density at radius 2 is 2.27 bits per heavy atom. The Morgan fingerprint density at radius 3 is 3.00 bits per heavy atom. The van der Waals surface area contributed by atoms with E-state index in [0.717, 1.165) is 29.2 Å². The quantitative estimate of drug-likeness (QED) is 0.676. The Kier molecular flexibility index (Phi) is 5.88. The Hall–Kier alpha value is -1.05. The highest BCUT2D eigenvalue weighted by atomic mass is 35.5. The van der Waals surface area contributed by atoms with Crippen LogP contribution in [0.4, 0.5) is 0 Å². The number of aromatic nitrogens is 2. The van der Waals surface area contributed by atoms with Crippen molar-refractivity contribution in [3.8, 4) is 0 Å². The Labute approximate surface area is 143 Å². The van der Waals surface area contributed by atoms with Crippen LogP contribution >= 0.6 is 35.5 Å². The predicted molar refractivity (Wildman–Crippen MR) is 96.5 cm³/mol. The van der Waals surface area contributed by atoms with Gasteiger partial charge in [0.25, 0.3) is 5.56 Å². The maximum absolute atomic E-state index is 12.1. The molecule has 2 aromatic heterocycles. The first-order valence-electron chi connectivity index (χ1n) is 7.06. The number of thioether (sulfide) groups is 1. The first-order chi connectivity index (χ1) is 10.1. The normalized spacial score (nSPS) is 16.1. The molecule has 0 saturated heterocycles. The molecule has 1 saturated carbocycles. The third-order valence-electron chi connectivity index (χ3n) is 3.63. The van der Waals surface area contributed by atoms with Gasteiger partial charge in [-0.3, -0.25) is 14.2 Å². The zero-order valence-electron chi connectivity index (χ0n) is 12.3. The molecule has 22 heavy (non-hydrogen) atoms. The van der Waals surface area contributed by atoms with Crippen LogP contribution in [0.3, 0.4) is 0 Å². The highest BCUT2D eigenvalue weighted by Crippen LogP contribution is 2.22. The summed E-state index contributed by atoms with van der Waals surface area (Å²) in [5.41, 5.74) is 7.62. The number of nitrogens with two attached hydrogens (primary N) is 1. The zero-order valence-corrected chi connectivity index (χ0v) is 14.8. The van der Waals surface area contributed by atoms with Crippen molar-refractivity contribution in [2.24, 2.45) is 10.7 Å². The highest BCUT2D eigenvalue weighted by Gasteiger charge is 2.14. The summed E-state index contributed by atoms with van der Waals surface area (Å²) in [5, 5.41) is 2.54. The van der Waals surface area contributed by atoms with Crippen molar-refractivity contribution in [2.45, 2.75) is 44.4 Å². The van der Waals surface area contributed by atoms with Gasteiger partial charge in [-0.2, -0.15) is 0 Å². The van der Waals surface area contributed by atoms with Crippen LogP contribution in [0.2, 0.25) is 0 Å². The van der Waals surface area contributed by atoms with E-state index in [1.165, 1.54) is 35.9 Å². The maximum Gasteiger partial charge on any atom is 0.258 e. The molecule has 8 heteroatoms. The third-order valence-corrected chi connectivity index (χ3v) is 5.42. The molecule has 2 N–H and O–H groups in total. The first-order valence-corrected chi connectivity index (χ1v) is 8.93. The van der Waals surface area contributed by atoms with Gasteiger partial charge in [0.05, 0.1) is 11.7 Å². The second kappa shape index (κ2) is 7.48. The Balaban J connectivity index is 0.00000176. The average molecular weight is 359 g/mol. The molecule has 2 heterocycles. The van der Waals surface area contributed by atoms with Gasteiger partial charge in [-0.15, -0.1) is 23.7 Å². The molecule has 2 aromatic rings. The number of nitrogens with zero attached hydrogens (tertiary/aromatic N) is 3. The molecule has 0 bridgehead atoms. The lowest BCUT2D eigenvalue weighted by Crippen LogP contribution is -2.16. The molecule has 0 spiro atoms. The molecule has 1 fully saturated rings. The van der Waals surface area contributed by atoms with E-state index < -0.39 is 0 Å². The smallest absolute Gasteiger partial charge is 0.258 e. The maximum atomic E-state index is 12.1. The van der Waals surface area contributed by atoms with Crippen LogP contribution < -0.4 is 11.3 Å². The molecule has 0 atom stereocenters. The standard InChI is InChI=1S/C14H18N4OS2.ClH/c1-9-7-21-14-17-11(6-12(19)18(9)14)8-20-13(15)16-10-4-2-3-5-10;/h6-7,10H,2-5,8H2,1H3,(H2,15,16);1H. The van der Waals surface area contributed by atoms with Gasteiger partial charge in [-0.1, -0.05) is 24.6 Å². The van der Waals surface area contributed by atoms with Crippen LogP contribution in [0.1, 0.15) is 37.1 Å². The molecule has 1 aliphatic carbocycles. The number of hydrogen-bond donors (Lipinski definition) is 1. The van der Waals surface area contributed by atoms with Crippen molar-refractivity contribution in [3.63, 3.8) is 0 Å². The fourth-order valence-corrected chi connectivity index (χ4v) is 4.13. The molecular weight excluding hydrogens is 340 g/mol. The van der Waals surface area contributed by atoms with Crippen molar-refractivity contribution in [1.82, 2.24) is 9.38 Å². The van der Waals surface area contributed by atoms with Gasteiger partial charge >= 0.3 is 0 Å². The summed E-state index contributed by atoms with van der Waals surface area (Å²) < 4.78 is 1.63. The van der Waals surface area contributed by atoms with Crippen LogP contribution in [0.5, 0.6) is 0 Å². The van der Waals surface area contributed by atoms with Gasteiger partial charge in [-0.25, -0.2) is 4.98 Å². The van der Waals surface area contributed by atoms with E-state index in [1.54, 1.807) is 10.5 Å². The van der Waals surface area contributed by atoms with Crippen molar-refractivity contribution in [2.75, 3.05) is 0 Å². The van der Waals surface area contributed by atoms with Gasteiger partial charge in [0.15, 0.2) is 10.1 Å². The zero-order chi connectivity index (χ0) is 14.8. The van der Waals surface area contributed by atoms with Crippen LogP contribution in [0.25, 0.3) is 4.96 Å². The second-order valence-electron chi connectivity index (χ2n) is 5.28. The second-order valence-corrected chi connectivity index (χ2v) is 7.11. The third kappa shape index (κ3) is 3.83. The van der Waals surface area contributed by atoms with E-state index in [0.29, 0.717) is 17.0 Å². The number of halogens is 1. The molecule has 5 nitrogen and oxygen atoms in total. The highest BCUT2D eigenvalue weighted by molar-refractivity contribution is 8.13. The van der Waals surface area contributed by atoms with Gasteiger partial charge in [-0.05, 0) is 19.8 Å². The molecule has 0 amide bonds. The fraction of sp³-hybridized carbons (Fsp3) is 0.500. The molecular formula is C14H19ClN4OS2. The van der Waals surface area contributed by atoms with Crippen LogP contribution in [-0.4, -0.2) is 20.6 Å². The Morgan fingerprint density at radius 1 is 1.55 bits per heavy atom. The number of hydrogen-bond acceptors (Lipinski definition) is 5. The number of rotatable bonds is 3. The molecule has 120 valence electrons. The summed E-state index contributed by atoms with van der Waals surface area (Å²) in [6.45, 7) is 1.91. The van der Waals surface area contributed by atoms with E-state index in [2.05, 4.69) is 9.98 Å². The summed E-state index contributed by atoms with van der Waals surface area (Å²) in [5.74, 6) is 0.588. The van der Waals surface area contributed by atoms with Crippen molar-refractivity contribution in [3.05, 3.63) is 33.2 Å². The fourth-order valence-electron chi connectivity index (χ4n) is 2.57. The molecule has 0 aromatic carbocycles. The first kappa shape index (κ1) is 17.3. The lowest BCUT2D eigenvalue weighted by molar-refractivity contribution is 0.708. The van der Waals surface area contributed by atoms with E-state index in [1.807, 2.05) is 12.3 Å². The van der Waals surface area contributed by atoms with Gasteiger partial charge in [0.2, 0.25) is 0 Å². The summed E-state index contributed by atoms with van der Waals surface area (Å²) in [6, 6.07) is 1.97. The number of thiazole rings is 1. The van der Waals surface area contributed by atoms with Crippen molar-refractivity contribution < 1.29 is 0 Å². The molecule has 0 radical (unpaired) electrons. The minimum absolute atomic E-state index is 0. The number of aryl methyl sites for hydroxylation is 1. The topological polar surface area (TPSA) is 72.8 Å². The lowest BCUT2D eigenvalue weighted by atomic mass is 10.3. The number of amidine groups is 1. The van der Waals surface area contributed by atoms with Crippen molar-refractivity contribution in [1.29, 1.82) is 0 Å². The summed E-state index contributed by atoms with van der Waals surface area (Å²) in [7, 11) is 0. The van der Waals surface area contributed by atoms with Crippen LogP contribution in [0, 0.1) is 6.92 Å². The van der Waals surface area contributed by atoms with Crippen LogP contribution in [-0.2, 0) is 5.75 Å². The predicted octanol–water partition coefficient (Wildman–Crippen LogP) is 2.98. The molecule has 1 aliphatic rings. The SMILES string of the molecule is Cc1csc2nc(CSC(N)=NC3CCCC3)cc(=O)n12.Cl.